The number of benzene rings is 3. The molecule has 5 heteroatoms. The summed E-state index contributed by atoms with van der Waals surface area (Å²) in [5, 5.41) is 26.4. The number of hydrogen-bond donors (Lipinski definition) is 1. The van der Waals surface area contributed by atoms with Gasteiger partial charge in [-0.2, -0.15) is 20.5 Å². The molecule has 0 amide bonds. The molecule has 0 unspecified atom stereocenters. The van der Waals surface area contributed by atoms with Crippen LogP contribution in [0.5, 0.6) is 5.75 Å². The van der Waals surface area contributed by atoms with E-state index in [9.17, 15) is 5.11 Å². The Hall–Kier alpha value is -3.34. The molecule has 0 heterocycles. The summed E-state index contributed by atoms with van der Waals surface area (Å²) >= 11 is 0. The van der Waals surface area contributed by atoms with Crippen LogP contribution < -0.4 is 0 Å². The Morgan fingerprint density at radius 2 is 1.12 bits per heavy atom. The predicted octanol–water partition coefficient (Wildman–Crippen LogP) is 6.53. The average molecular weight is 316 g/mol. The van der Waals surface area contributed by atoms with Crippen LogP contribution in [0.15, 0.2) is 93.3 Å². The van der Waals surface area contributed by atoms with Gasteiger partial charge in [0.25, 0.3) is 0 Å². The highest BCUT2D eigenvalue weighted by atomic mass is 16.3. The maximum Gasteiger partial charge on any atom is 0.120 e. The molecule has 0 aromatic heterocycles. The monoisotopic (exact) mass is 316 g/mol. The fourth-order valence-electron chi connectivity index (χ4n) is 2.03. The summed E-state index contributed by atoms with van der Waals surface area (Å²) in [7, 11) is 0. The molecular weight excluding hydrogens is 300 g/mol. The molecule has 0 fully saturated rings. The first-order valence-electron chi connectivity index (χ1n) is 7.49. The quantitative estimate of drug-likeness (QED) is 0.546. The fraction of sp³-hybridized carbons (Fsp3) is 0.0526. The molecule has 0 spiro atoms. The van der Waals surface area contributed by atoms with Gasteiger partial charge in [0, 0.05) is 5.56 Å². The molecule has 24 heavy (non-hydrogen) atoms. The summed E-state index contributed by atoms with van der Waals surface area (Å²) in [4.78, 5) is 0. The molecule has 0 atom stereocenters. The minimum atomic E-state index is 0.211. The minimum absolute atomic E-state index is 0.211. The van der Waals surface area contributed by atoms with Crippen molar-refractivity contribution in [3.05, 3.63) is 78.4 Å². The SMILES string of the molecule is Cc1c(O)cccc1N=Nc1ccc(N=Nc2ccccc2)cc1. The van der Waals surface area contributed by atoms with Gasteiger partial charge in [-0.3, -0.25) is 0 Å². The van der Waals surface area contributed by atoms with E-state index in [-0.39, 0.29) is 5.75 Å². The molecule has 1 N–H and O–H groups in total. The van der Waals surface area contributed by atoms with Crippen molar-refractivity contribution < 1.29 is 5.11 Å². The molecule has 0 saturated heterocycles. The second-order valence-electron chi connectivity index (χ2n) is 5.17. The van der Waals surface area contributed by atoms with E-state index in [1.165, 1.54) is 0 Å². The standard InChI is InChI=1S/C19H16N4O/c1-14-18(8-5-9-19(14)24)23-22-17-12-10-16(11-13-17)21-20-15-6-3-2-4-7-15/h2-13,24H,1H3. The van der Waals surface area contributed by atoms with Crippen molar-refractivity contribution in [3.63, 3.8) is 0 Å². The van der Waals surface area contributed by atoms with Crippen molar-refractivity contribution in [2.24, 2.45) is 20.5 Å². The Morgan fingerprint density at radius 3 is 1.75 bits per heavy atom. The zero-order chi connectivity index (χ0) is 16.8. The lowest BCUT2D eigenvalue weighted by Gasteiger charge is -2.00. The first kappa shape index (κ1) is 15.6. The van der Waals surface area contributed by atoms with Crippen molar-refractivity contribution in [2.75, 3.05) is 0 Å². The van der Waals surface area contributed by atoms with E-state index in [4.69, 9.17) is 0 Å². The summed E-state index contributed by atoms with van der Waals surface area (Å²) < 4.78 is 0. The predicted molar refractivity (Wildman–Crippen MR) is 94.1 cm³/mol. The Morgan fingerprint density at radius 1 is 0.583 bits per heavy atom. The third kappa shape index (κ3) is 3.89. The van der Waals surface area contributed by atoms with Gasteiger partial charge < -0.3 is 5.11 Å². The van der Waals surface area contributed by atoms with Gasteiger partial charge in [0.15, 0.2) is 0 Å². The summed E-state index contributed by atoms with van der Waals surface area (Å²) in [5.41, 5.74) is 3.60. The number of nitrogens with zero attached hydrogens (tertiary/aromatic N) is 4. The van der Waals surface area contributed by atoms with Crippen LogP contribution in [0.2, 0.25) is 0 Å². The molecule has 3 rings (SSSR count). The van der Waals surface area contributed by atoms with Gasteiger partial charge in [-0.25, -0.2) is 0 Å². The molecule has 0 aliphatic rings. The van der Waals surface area contributed by atoms with Crippen LogP contribution in [0.4, 0.5) is 22.7 Å². The number of phenols is 1. The van der Waals surface area contributed by atoms with E-state index in [0.717, 1.165) is 11.4 Å². The van der Waals surface area contributed by atoms with Crippen LogP contribution in [0, 0.1) is 6.92 Å². The van der Waals surface area contributed by atoms with E-state index in [1.54, 1.807) is 25.1 Å². The molecule has 0 aliphatic heterocycles. The molecule has 5 nitrogen and oxygen atoms in total. The number of azo groups is 2. The van der Waals surface area contributed by atoms with Crippen LogP contribution >= 0.6 is 0 Å². The molecule has 118 valence electrons. The third-order valence-corrected chi connectivity index (χ3v) is 3.44. The molecule has 3 aromatic rings. The van der Waals surface area contributed by atoms with Gasteiger partial charge >= 0.3 is 0 Å². The maximum atomic E-state index is 9.66. The van der Waals surface area contributed by atoms with Gasteiger partial charge in [-0.15, -0.1) is 0 Å². The zero-order valence-electron chi connectivity index (χ0n) is 13.2. The Labute approximate surface area is 140 Å². The summed E-state index contributed by atoms with van der Waals surface area (Å²) in [6.07, 6.45) is 0. The smallest absolute Gasteiger partial charge is 0.120 e. The number of aromatic hydroxyl groups is 1. The van der Waals surface area contributed by atoms with Gasteiger partial charge in [-0.05, 0) is 55.5 Å². The molecule has 0 radical (unpaired) electrons. The largest absolute Gasteiger partial charge is 0.508 e. The van der Waals surface area contributed by atoms with Crippen molar-refractivity contribution in [2.45, 2.75) is 6.92 Å². The van der Waals surface area contributed by atoms with E-state index in [0.29, 0.717) is 16.9 Å². The summed E-state index contributed by atoms with van der Waals surface area (Å²) in [5.74, 6) is 0.211. The second kappa shape index (κ2) is 7.28. The van der Waals surface area contributed by atoms with Gasteiger partial charge in [0.05, 0.1) is 22.7 Å². The third-order valence-electron chi connectivity index (χ3n) is 3.44. The highest BCUT2D eigenvalue weighted by Gasteiger charge is 2.01. The van der Waals surface area contributed by atoms with Crippen molar-refractivity contribution in [1.82, 2.24) is 0 Å². The molecular formula is C19H16N4O. The lowest BCUT2D eigenvalue weighted by Crippen LogP contribution is -1.74. The van der Waals surface area contributed by atoms with Gasteiger partial charge in [0.1, 0.15) is 5.75 Å². The lowest BCUT2D eigenvalue weighted by atomic mass is 10.2. The van der Waals surface area contributed by atoms with E-state index >= 15 is 0 Å². The van der Waals surface area contributed by atoms with Crippen molar-refractivity contribution in [1.29, 1.82) is 0 Å². The van der Waals surface area contributed by atoms with E-state index in [1.807, 2.05) is 54.6 Å². The highest BCUT2D eigenvalue weighted by molar-refractivity contribution is 5.53. The summed E-state index contributed by atoms with van der Waals surface area (Å²) in [6.45, 7) is 1.80. The van der Waals surface area contributed by atoms with Crippen molar-refractivity contribution in [3.8, 4) is 5.75 Å². The van der Waals surface area contributed by atoms with Crippen LogP contribution in [0.3, 0.4) is 0 Å². The maximum absolute atomic E-state index is 9.66. The molecule has 0 bridgehead atoms. The van der Waals surface area contributed by atoms with E-state index < -0.39 is 0 Å². The molecule has 3 aromatic carbocycles. The van der Waals surface area contributed by atoms with Crippen LogP contribution in [-0.4, -0.2) is 5.11 Å². The van der Waals surface area contributed by atoms with Gasteiger partial charge in [-0.1, -0.05) is 24.3 Å². The average Bonchev–Trinajstić information content (AvgIpc) is 2.63. The highest BCUT2D eigenvalue weighted by Crippen LogP contribution is 2.28. The Balaban J connectivity index is 1.72. The number of phenolic OH excluding ortho intramolecular Hbond substituents is 1. The minimum Gasteiger partial charge on any atom is -0.508 e. The molecule has 0 aliphatic carbocycles. The fourth-order valence-corrected chi connectivity index (χ4v) is 2.03. The van der Waals surface area contributed by atoms with Crippen molar-refractivity contribution >= 4 is 22.7 Å². The van der Waals surface area contributed by atoms with Crippen LogP contribution in [0.1, 0.15) is 5.56 Å². The van der Waals surface area contributed by atoms with Gasteiger partial charge in [0.2, 0.25) is 0 Å². The summed E-state index contributed by atoms with van der Waals surface area (Å²) in [6, 6.07) is 22.0. The van der Waals surface area contributed by atoms with E-state index in [2.05, 4.69) is 20.5 Å². The number of hydrogen-bond acceptors (Lipinski definition) is 5. The first-order valence-corrected chi connectivity index (χ1v) is 7.49. The van der Waals surface area contributed by atoms with Crippen LogP contribution in [0.25, 0.3) is 0 Å². The molecule has 0 saturated carbocycles. The Bertz CT molecular complexity index is 872. The number of rotatable bonds is 4. The zero-order valence-corrected chi connectivity index (χ0v) is 13.2. The van der Waals surface area contributed by atoms with Crippen LogP contribution in [-0.2, 0) is 0 Å². The second-order valence-corrected chi connectivity index (χ2v) is 5.17. The topological polar surface area (TPSA) is 69.7 Å². The normalized spacial score (nSPS) is 11.4. The Kier molecular flexibility index (Phi) is 4.72. The first-order chi connectivity index (χ1) is 11.7. The lowest BCUT2D eigenvalue weighted by molar-refractivity contribution is 0.471.